The van der Waals surface area contributed by atoms with Crippen molar-refractivity contribution < 1.29 is 4.79 Å². The second-order valence-corrected chi connectivity index (χ2v) is 6.05. The van der Waals surface area contributed by atoms with E-state index in [-0.39, 0.29) is 17.1 Å². The molecule has 1 N–H and O–H groups in total. The van der Waals surface area contributed by atoms with Crippen LogP contribution in [0.4, 0.5) is 11.5 Å². The number of hydrogen-bond donors (Lipinski definition) is 1. The Balaban J connectivity index is 2.25. The number of nitriles is 1. The molecule has 126 valence electrons. The van der Waals surface area contributed by atoms with Crippen molar-refractivity contribution in [3.63, 3.8) is 0 Å². The fraction of sp³-hybridized carbons (Fsp3) is 0.529. The standard InChI is InChI=1S/C17H20ClN5O/c1-4-12-13(10-19)16(18)22-17(15(12)20-3)23-8-6-11(7-9-23)21-14(24)5-2/h11H,4-9H2,1-2H3,(H,21,24). The summed E-state index contributed by atoms with van der Waals surface area (Å²) in [5.41, 5.74) is 1.36. The Labute approximate surface area is 147 Å². The normalized spacial score (nSPS) is 14.8. The number of carbonyl (C=O) groups is 1. The molecule has 0 aromatic carbocycles. The lowest BCUT2D eigenvalue weighted by Gasteiger charge is -2.34. The van der Waals surface area contributed by atoms with Crippen LogP contribution in [-0.4, -0.2) is 30.0 Å². The monoisotopic (exact) mass is 345 g/mol. The summed E-state index contributed by atoms with van der Waals surface area (Å²) in [6, 6.07) is 2.21. The van der Waals surface area contributed by atoms with Gasteiger partial charge in [-0.3, -0.25) is 4.79 Å². The van der Waals surface area contributed by atoms with E-state index in [1.807, 2.05) is 18.7 Å². The maximum atomic E-state index is 11.5. The van der Waals surface area contributed by atoms with Crippen molar-refractivity contribution in [1.29, 1.82) is 5.26 Å². The van der Waals surface area contributed by atoms with E-state index in [2.05, 4.69) is 21.2 Å². The molecule has 0 aliphatic carbocycles. The summed E-state index contributed by atoms with van der Waals surface area (Å²) in [6.45, 7) is 12.6. The first-order chi connectivity index (χ1) is 11.5. The van der Waals surface area contributed by atoms with E-state index in [1.54, 1.807) is 0 Å². The molecule has 0 spiro atoms. The van der Waals surface area contributed by atoms with Crippen molar-refractivity contribution in [2.24, 2.45) is 0 Å². The SMILES string of the molecule is [C-]#[N+]c1c(N2CCC(NC(=O)CC)CC2)nc(Cl)c(C#N)c1CC. The number of nitrogens with one attached hydrogen (secondary N) is 1. The Kier molecular flexibility index (Phi) is 6.00. The van der Waals surface area contributed by atoms with Crippen LogP contribution in [0, 0.1) is 17.9 Å². The molecule has 0 unspecified atom stereocenters. The zero-order chi connectivity index (χ0) is 17.7. The second kappa shape index (κ2) is 7.99. The molecule has 1 aromatic rings. The van der Waals surface area contributed by atoms with E-state index in [9.17, 15) is 10.1 Å². The Morgan fingerprint density at radius 2 is 2.17 bits per heavy atom. The van der Waals surface area contributed by atoms with Gasteiger partial charge < -0.3 is 10.2 Å². The molecule has 2 rings (SSSR count). The number of nitrogens with zero attached hydrogens (tertiary/aromatic N) is 4. The number of rotatable bonds is 4. The predicted octanol–water partition coefficient (Wildman–Crippen LogP) is 3.21. The first kappa shape index (κ1) is 18.0. The highest BCUT2D eigenvalue weighted by Crippen LogP contribution is 2.37. The summed E-state index contributed by atoms with van der Waals surface area (Å²) in [5.74, 6) is 0.606. The molecule has 1 saturated heterocycles. The van der Waals surface area contributed by atoms with E-state index in [0.717, 1.165) is 12.8 Å². The van der Waals surface area contributed by atoms with Gasteiger partial charge in [-0.2, -0.15) is 5.26 Å². The van der Waals surface area contributed by atoms with Crippen LogP contribution in [0.25, 0.3) is 4.85 Å². The van der Waals surface area contributed by atoms with E-state index >= 15 is 0 Å². The largest absolute Gasteiger partial charge is 0.365 e. The third-order valence-electron chi connectivity index (χ3n) is 4.27. The number of carbonyl (C=O) groups excluding carboxylic acids is 1. The Morgan fingerprint density at radius 3 is 2.67 bits per heavy atom. The summed E-state index contributed by atoms with van der Waals surface area (Å²) >= 11 is 6.16. The van der Waals surface area contributed by atoms with Crippen LogP contribution in [0.2, 0.25) is 5.15 Å². The first-order valence-corrected chi connectivity index (χ1v) is 8.47. The molecule has 2 heterocycles. The van der Waals surface area contributed by atoms with Crippen LogP contribution in [0.3, 0.4) is 0 Å². The number of amides is 1. The van der Waals surface area contributed by atoms with Crippen molar-refractivity contribution in [1.82, 2.24) is 10.3 Å². The lowest BCUT2D eigenvalue weighted by molar-refractivity contribution is -0.121. The molecule has 0 radical (unpaired) electrons. The Morgan fingerprint density at radius 1 is 1.50 bits per heavy atom. The molecule has 6 nitrogen and oxygen atoms in total. The average Bonchev–Trinajstić information content (AvgIpc) is 2.61. The van der Waals surface area contributed by atoms with Gasteiger partial charge in [-0.1, -0.05) is 25.4 Å². The summed E-state index contributed by atoms with van der Waals surface area (Å²) < 4.78 is 0. The molecule has 24 heavy (non-hydrogen) atoms. The van der Waals surface area contributed by atoms with Crippen molar-refractivity contribution in [2.75, 3.05) is 18.0 Å². The minimum absolute atomic E-state index is 0.0584. The predicted molar refractivity (Wildman–Crippen MR) is 93.3 cm³/mol. The van der Waals surface area contributed by atoms with Gasteiger partial charge in [0.25, 0.3) is 0 Å². The fourth-order valence-electron chi connectivity index (χ4n) is 2.94. The molecular weight excluding hydrogens is 326 g/mol. The van der Waals surface area contributed by atoms with Gasteiger partial charge in [0.1, 0.15) is 17.0 Å². The third-order valence-corrected chi connectivity index (χ3v) is 4.54. The van der Waals surface area contributed by atoms with Gasteiger partial charge in [0, 0.05) is 25.6 Å². The molecule has 0 atom stereocenters. The number of aromatic nitrogens is 1. The molecule has 1 fully saturated rings. The Hall–Kier alpha value is -2.31. The number of piperidine rings is 1. The molecule has 0 saturated carbocycles. The van der Waals surface area contributed by atoms with Gasteiger partial charge in [0.15, 0.2) is 0 Å². The molecule has 1 aliphatic rings. The van der Waals surface area contributed by atoms with E-state index in [1.165, 1.54) is 0 Å². The van der Waals surface area contributed by atoms with E-state index in [4.69, 9.17) is 18.2 Å². The number of halogens is 1. The smallest absolute Gasteiger partial charge is 0.232 e. The van der Waals surface area contributed by atoms with Crippen LogP contribution < -0.4 is 10.2 Å². The lowest BCUT2D eigenvalue weighted by atomic mass is 10.0. The minimum Gasteiger partial charge on any atom is -0.365 e. The number of pyridine rings is 1. The van der Waals surface area contributed by atoms with Crippen LogP contribution in [0.1, 0.15) is 44.2 Å². The average molecular weight is 346 g/mol. The first-order valence-electron chi connectivity index (χ1n) is 8.09. The van der Waals surface area contributed by atoms with Gasteiger partial charge >= 0.3 is 0 Å². The number of anilines is 1. The van der Waals surface area contributed by atoms with Crippen LogP contribution in [0.15, 0.2) is 0 Å². The van der Waals surface area contributed by atoms with E-state index in [0.29, 0.717) is 48.6 Å². The number of hydrogen-bond acceptors (Lipinski definition) is 4. The van der Waals surface area contributed by atoms with Crippen molar-refractivity contribution in [2.45, 2.75) is 45.6 Å². The summed E-state index contributed by atoms with van der Waals surface area (Å²) in [6.07, 6.45) is 2.63. The topological polar surface area (TPSA) is 73.4 Å². The highest BCUT2D eigenvalue weighted by Gasteiger charge is 2.26. The Bertz CT molecular complexity index is 711. The minimum atomic E-state index is 0.0584. The quantitative estimate of drug-likeness (QED) is 0.671. The zero-order valence-electron chi connectivity index (χ0n) is 13.9. The van der Waals surface area contributed by atoms with Crippen molar-refractivity contribution >= 4 is 29.0 Å². The lowest BCUT2D eigenvalue weighted by Crippen LogP contribution is -2.44. The van der Waals surface area contributed by atoms with E-state index < -0.39 is 0 Å². The highest BCUT2D eigenvalue weighted by atomic mass is 35.5. The van der Waals surface area contributed by atoms with Crippen molar-refractivity contribution in [3.8, 4) is 6.07 Å². The van der Waals surface area contributed by atoms with Gasteiger partial charge in [0.2, 0.25) is 11.6 Å². The second-order valence-electron chi connectivity index (χ2n) is 5.69. The summed E-state index contributed by atoms with van der Waals surface area (Å²) in [5, 5.41) is 12.4. The maximum Gasteiger partial charge on any atom is 0.232 e. The van der Waals surface area contributed by atoms with Crippen LogP contribution >= 0.6 is 11.6 Å². The molecule has 1 amide bonds. The molecule has 1 aromatic heterocycles. The zero-order valence-corrected chi connectivity index (χ0v) is 14.7. The summed E-state index contributed by atoms with van der Waals surface area (Å²) in [7, 11) is 0. The molecular formula is C17H20ClN5O. The molecule has 1 aliphatic heterocycles. The third kappa shape index (κ3) is 3.60. The molecule has 7 heteroatoms. The van der Waals surface area contributed by atoms with Crippen LogP contribution in [-0.2, 0) is 11.2 Å². The van der Waals surface area contributed by atoms with Crippen molar-refractivity contribution in [3.05, 3.63) is 27.7 Å². The maximum absolute atomic E-state index is 11.5. The van der Waals surface area contributed by atoms with Gasteiger partial charge in [-0.15, -0.1) is 0 Å². The summed E-state index contributed by atoms with van der Waals surface area (Å²) in [4.78, 5) is 21.5. The van der Waals surface area contributed by atoms with Crippen LogP contribution in [0.5, 0.6) is 0 Å². The fourth-order valence-corrected chi connectivity index (χ4v) is 3.18. The highest BCUT2D eigenvalue weighted by molar-refractivity contribution is 6.31. The van der Waals surface area contributed by atoms with Gasteiger partial charge in [-0.25, -0.2) is 9.83 Å². The van der Waals surface area contributed by atoms with Gasteiger partial charge in [0.05, 0.1) is 12.1 Å². The van der Waals surface area contributed by atoms with Gasteiger partial charge in [-0.05, 0) is 24.8 Å². The molecule has 0 bridgehead atoms.